The fraction of sp³-hybridized carbons (Fsp3) is 0.133. The Morgan fingerprint density at radius 1 is 1.05 bits per heavy atom. The summed E-state index contributed by atoms with van der Waals surface area (Å²) in [6.45, 7) is 3.90. The predicted octanol–water partition coefficient (Wildman–Crippen LogP) is 5.22. The highest BCUT2D eigenvalue weighted by Gasteiger charge is 2.10. The Labute approximate surface area is 133 Å². The van der Waals surface area contributed by atoms with Gasteiger partial charge in [0.05, 0.1) is 0 Å². The van der Waals surface area contributed by atoms with Gasteiger partial charge in [-0.1, -0.05) is 31.9 Å². The van der Waals surface area contributed by atoms with Crippen LogP contribution in [0.25, 0.3) is 0 Å². The Hall–Kier alpha value is -1.20. The Morgan fingerprint density at radius 2 is 1.65 bits per heavy atom. The third kappa shape index (κ3) is 3.46. The smallest absolute Gasteiger partial charge is 0.255 e. The van der Waals surface area contributed by atoms with Crippen molar-refractivity contribution in [1.29, 1.82) is 0 Å². The average Bonchev–Trinajstić information content (AvgIpc) is 2.34. The highest BCUT2D eigenvalue weighted by molar-refractivity contribution is 9.10. The van der Waals surface area contributed by atoms with E-state index in [1.807, 2.05) is 26.0 Å². The third-order valence-corrected chi connectivity index (χ3v) is 4.53. The van der Waals surface area contributed by atoms with Gasteiger partial charge in [0.2, 0.25) is 0 Å². The lowest BCUT2D eigenvalue weighted by Crippen LogP contribution is -2.12. The van der Waals surface area contributed by atoms with Crippen molar-refractivity contribution in [2.75, 3.05) is 5.32 Å². The Bertz CT molecular complexity index is 642. The van der Waals surface area contributed by atoms with E-state index >= 15 is 0 Å². The molecule has 0 bridgehead atoms. The topological polar surface area (TPSA) is 29.1 Å². The number of carbonyl (C=O) groups is 1. The summed E-state index contributed by atoms with van der Waals surface area (Å²) in [4.78, 5) is 12.1. The minimum atomic E-state index is -0.451. The van der Waals surface area contributed by atoms with Gasteiger partial charge in [-0.25, -0.2) is 4.39 Å². The molecule has 0 radical (unpaired) electrons. The van der Waals surface area contributed by atoms with Gasteiger partial charge in [-0.2, -0.15) is 0 Å². The van der Waals surface area contributed by atoms with Crippen LogP contribution in [0.4, 0.5) is 10.1 Å². The van der Waals surface area contributed by atoms with Gasteiger partial charge >= 0.3 is 0 Å². The summed E-state index contributed by atoms with van der Waals surface area (Å²) < 4.78 is 14.8. The fourth-order valence-electron chi connectivity index (χ4n) is 1.91. The second-order valence-electron chi connectivity index (χ2n) is 4.54. The lowest BCUT2D eigenvalue weighted by molar-refractivity contribution is 0.102. The molecule has 2 rings (SSSR count). The van der Waals surface area contributed by atoms with Crippen LogP contribution in [-0.2, 0) is 0 Å². The normalized spacial score (nSPS) is 10.4. The van der Waals surface area contributed by atoms with Crippen LogP contribution in [0.15, 0.2) is 39.3 Å². The first-order chi connectivity index (χ1) is 9.36. The number of benzene rings is 2. The summed E-state index contributed by atoms with van der Waals surface area (Å²) in [5.74, 6) is -0.793. The number of hydrogen-bond donors (Lipinski definition) is 1. The molecule has 2 aromatic rings. The quantitative estimate of drug-likeness (QED) is 0.735. The number of nitrogens with one attached hydrogen (secondary N) is 1. The molecule has 0 aromatic heterocycles. The van der Waals surface area contributed by atoms with Gasteiger partial charge < -0.3 is 5.32 Å². The molecule has 0 aliphatic carbocycles. The maximum atomic E-state index is 13.3. The predicted molar refractivity (Wildman–Crippen MR) is 85.7 cm³/mol. The van der Waals surface area contributed by atoms with Gasteiger partial charge in [0.15, 0.2) is 0 Å². The number of anilines is 1. The van der Waals surface area contributed by atoms with Crippen LogP contribution < -0.4 is 5.32 Å². The largest absolute Gasteiger partial charge is 0.322 e. The minimum absolute atomic E-state index is 0.273. The van der Waals surface area contributed by atoms with E-state index in [-0.39, 0.29) is 11.5 Å². The van der Waals surface area contributed by atoms with Gasteiger partial charge in [0, 0.05) is 20.2 Å². The van der Waals surface area contributed by atoms with Crippen molar-refractivity contribution in [3.05, 3.63) is 61.8 Å². The molecular weight excluding hydrogens is 389 g/mol. The average molecular weight is 401 g/mol. The molecule has 0 fully saturated rings. The zero-order valence-corrected chi connectivity index (χ0v) is 14.1. The van der Waals surface area contributed by atoms with Crippen molar-refractivity contribution in [1.82, 2.24) is 0 Å². The summed E-state index contributed by atoms with van der Waals surface area (Å²) in [5.41, 5.74) is 3.02. The van der Waals surface area contributed by atoms with Crippen molar-refractivity contribution in [2.45, 2.75) is 13.8 Å². The summed E-state index contributed by atoms with van der Waals surface area (Å²) >= 11 is 6.65. The molecule has 0 unspecified atom stereocenters. The maximum absolute atomic E-state index is 13.3. The van der Waals surface area contributed by atoms with E-state index in [1.54, 1.807) is 6.07 Å². The summed E-state index contributed by atoms with van der Waals surface area (Å²) in [6, 6.07) is 7.83. The van der Waals surface area contributed by atoms with Crippen LogP contribution in [0.2, 0.25) is 0 Å². The van der Waals surface area contributed by atoms with E-state index in [2.05, 4.69) is 37.2 Å². The lowest BCUT2D eigenvalue weighted by Gasteiger charge is -2.10. The van der Waals surface area contributed by atoms with Crippen molar-refractivity contribution in [2.24, 2.45) is 0 Å². The summed E-state index contributed by atoms with van der Waals surface area (Å²) in [5, 5.41) is 2.77. The molecule has 0 aliphatic rings. The van der Waals surface area contributed by atoms with Crippen LogP contribution >= 0.6 is 31.9 Å². The molecule has 1 N–H and O–H groups in total. The van der Waals surface area contributed by atoms with E-state index in [0.717, 1.165) is 15.6 Å². The van der Waals surface area contributed by atoms with E-state index in [4.69, 9.17) is 0 Å². The lowest BCUT2D eigenvalue weighted by atomic mass is 10.1. The Morgan fingerprint density at radius 3 is 2.20 bits per heavy atom. The molecule has 0 spiro atoms. The molecule has 5 heteroatoms. The van der Waals surface area contributed by atoms with E-state index in [0.29, 0.717) is 10.2 Å². The van der Waals surface area contributed by atoms with E-state index < -0.39 is 5.82 Å². The highest BCUT2D eigenvalue weighted by Crippen LogP contribution is 2.25. The van der Waals surface area contributed by atoms with Gasteiger partial charge in [-0.3, -0.25) is 4.79 Å². The standard InChI is InChI=1S/C15H12Br2FNO/c1-8-3-13(4-9(2)14(8)17)19-15(20)10-5-11(16)7-12(18)6-10/h3-7H,1-2H3,(H,19,20). The number of carbonyl (C=O) groups excluding carboxylic acids is 1. The number of amides is 1. The molecule has 0 saturated heterocycles. The van der Waals surface area contributed by atoms with Crippen LogP contribution in [-0.4, -0.2) is 5.91 Å². The van der Waals surface area contributed by atoms with Crippen LogP contribution in [0.1, 0.15) is 21.5 Å². The number of halogens is 3. The number of aryl methyl sites for hydroxylation is 2. The van der Waals surface area contributed by atoms with E-state index in [9.17, 15) is 9.18 Å². The zero-order valence-electron chi connectivity index (χ0n) is 10.9. The minimum Gasteiger partial charge on any atom is -0.322 e. The molecule has 1 amide bonds. The number of rotatable bonds is 2. The van der Waals surface area contributed by atoms with E-state index in [1.165, 1.54) is 12.1 Å². The van der Waals surface area contributed by atoms with Crippen molar-refractivity contribution >= 4 is 43.5 Å². The molecule has 0 atom stereocenters. The first-order valence-corrected chi connectivity index (χ1v) is 7.49. The molecule has 0 heterocycles. The van der Waals surface area contributed by atoms with Gasteiger partial charge in [0.1, 0.15) is 5.82 Å². The SMILES string of the molecule is Cc1cc(NC(=O)c2cc(F)cc(Br)c2)cc(C)c1Br. The molecule has 0 aliphatic heterocycles. The zero-order chi connectivity index (χ0) is 14.9. The Balaban J connectivity index is 2.28. The van der Waals surface area contributed by atoms with Crippen LogP contribution in [0.5, 0.6) is 0 Å². The third-order valence-electron chi connectivity index (χ3n) is 2.82. The summed E-state index contributed by atoms with van der Waals surface area (Å²) in [7, 11) is 0. The van der Waals surface area contributed by atoms with Gasteiger partial charge in [-0.05, 0) is 55.3 Å². The molecular formula is C15H12Br2FNO. The van der Waals surface area contributed by atoms with Gasteiger partial charge in [-0.15, -0.1) is 0 Å². The van der Waals surface area contributed by atoms with Crippen molar-refractivity contribution < 1.29 is 9.18 Å². The second-order valence-corrected chi connectivity index (χ2v) is 6.24. The second kappa shape index (κ2) is 6.06. The molecule has 2 aromatic carbocycles. The van der Waals surface area contributed by atoms with Gasteiger partial charge in [0.25, 0.3) is 5.91 Å². The Kier molecular flexibility index (Phi) is 4.60. The highest BCUT2D eigenvalue weighted by atomic mass is 79.9. The molecule has 2 nitrogen and oxygen atoms in total. The first-order valence-electron chi connectivity index (χ1n) is 5.91. The number of hydrogen-bond acceptors (Lipinski definition) is 1. The monoisotopic (exact) mass is 399 g/mol. The summed E-state index contributed by atoms with van der Waals surface area (Å²) in [6.07, 6.45) is 0. The maximum Gasteiger partial charge on any atom is 0.255 e. The van der Waals surface area contributed by atoms with Crippen LogP contribution in [0.3, 0.4) is 0 Å². The van der Waals surface area contributed by atoms with Crippen molar-refractivity contribution in [3.8, 4) is 0 Å². The fourth-order valence-corrected chi connectivity index (χ4v) is 2.60. The first kappa shape index (κ1) is 15.2. The molecule has 20 heavy (non-hydrogen) atoms. The van der Waals surface area contributed by atoms with Crippen LogP contribution in [0, 0.1) is 19.7 Å². The molecule has 0 saturated carbocycles. The van der Waals surface area contributed by atoms with Crippen molar-refractivity contribution in [3.63, 3.8) is 0 Å². The molecule has 104 valence electrons.